The van der Waals surface area contributed by atoms with Crippen molar-refractivity contribution in [1.82, 2.24) is 24.6 Å². The number of nitrogens with zero attached hydrogens (tertiary/aromatic N) is 6. The van der Waals surface area contributed by atoms with Crippen LogP contribution < -0.4 is 10.2 Å². The molecule has 8 nitrogen and oxygen atoms in total. The lowest BCUT2D eigenvalue weighted by molar-refractivity contribution is -0.154. The predicted octanol–water partition coefficient (Wildman–Crippen LogP) is 2.28. The van der Waals surface area contributed by atoms with E-state index in [1.54, 1.807) is 17.1 Å². The van der Waals surface area contributed by atoms with Crippen LogP contribution in [0.1, 0.15) is 20.8 Å². The number of nitrogens with one attached hydrogen (secondary N) is 1. The highest BCUT2D eigenvalue weighted by Gasteiger charge is 2.60. The molecule has 2 aromatic rings. The topological polar surface area (TPSA) is 79.2 Å². The molecule has 2 aliphatic rings. The summed E-state index contributed by atoms with van der Waals surface area (Å²) in [5.74, 6) is -3.21. The van der Waals surface area contributed by atoms with Gasteiger partial charge < -0.3 is 15.1 Å². The van der Waals surface area contributed by atoms with Gasteiger partial charge in [-0.3, -0.25) is 9.48 Å². The summed E-state index contributed by atoms with van der Waals surface area (Å²) in [6, 6.07) is 1.84. The number of anilines is 3. The van der Waals surface area contributed by atoms with Crippen molar-refractivity contribution in [2.75, 3.05) is 36.4 Å². The molecular formula is C19H25F2N7O. The lowest BCUT2D eigenvalue weighted by atomic mass is 9.71. The Hall–Kier alpha value is -2.78. The summed E-state index contributed by atoms with van der Waals surface area (Å²) in [5, 5.41) is 7.24. The Labute approximate surface area is 167 Å². The molecule has 0 unspecified atom stereocenters. The molecule has 4 heterocycles. The summed E-state index contributed by atoms with van der Waals surface area (Å²) >= 11 is 0. The SMILES string of the molecule is Cn1cc(Nc2nccc(N3C[C@]4(C)CN(C(=O)C(C)(F)F)C[C@]4(C)C3)n2)cn1. The Morgan fingerprint density at radius 1 is 1.21 bits per heavy atom. The molecule has 156 valence electrons. The number of halogens is 2. The second-order valence-corrected chi connectivity index (χ2v) is 8.79. The van der Waals surface area contributed by atoms with E-state index in [-0.39, 0.29) is 10.8 Å². The van der Waals surface area contributed by atoms with E-state index in [9.17, 15) is 13.6 Å². The first kappa shape index (κ1) is 19.5. The number of alkyl halides is 2. The second kappa shape index (κ2) is 6.36. The Bertz CT molecular complexity index is 923. The molecule has 4 rings (SSSR count). The van der Waals surface area contributed by atoms with Crippen molar-refractivity contribution >= 4 is 23.4 Å². The van der Waals surface area contributed by atoms with Crippen molar-refractivity contribution in [2.24, 2.45) is 17.9 Å². The number of amides is 1. The van der Waals surface area contributed by atoms with Crippen LogP contribution >= 0.6 is 0 Å². The number of hydrogen-bond donors (Lipinski definition) is 1. The van der Waals surface area contributed by atoms with Crippen molar-refractivity contribution in [1.29, 1.82) is 0 Å². The molecule has 0 aromatic carbocycles. The summed E-state index contributed by atoms with van der Waals surface area (Å²) in [7, 11) is 1.83. The maximum Gasteiger partial charge on any atom is 0.322 e. The Morgan fingerprint density at radius 3 is 2.41 bits per heavy atom. The maximum atomic E-state index is 13.5. The number of fused-ring (bicyclic) bond motifs is 1. The zero-order valence-electron chi connectivity index (χ0n) is 17.0. The zero-order valence-corrected chi connectivity index (χ0v) is 17.0. The molecule has 0 aliphatic carbocycles. The average molecular weight is 405 g/mol. The summed E-state index contributed by atoms with van der Waals surface area (Å²) in [6.45, 7) is 6.67. The van der Waals surface area contributed by atoms with E-state index >= 15 is 0 Å². The van der Waals surface area contributed by atoms with Crippen LogP contribution in [0.15, 0.2) is 24.7 Å². The predicted molar refractivity (Wildman–Crippen MR) is 104 cm³/mol. The minimum absolute atomic E-state index is 0.296. The van der Waals surface area contributed by atoms with Crippen LogP contribution in [-0.4, -0.2) is 62.7 Å². The third kappa shape index (κ3) is 3.40. The normalized spacial score (nSPS) is 26.7. The van der Waals surface area contributed by atoms with Gasteiger partial charge in [0.05, 0.1) is 11.9 Å². The Morgan fingerprint density at radius 2 is 1.86 bits per heavy atom. The van der Waals surface area contributed by atoms with Crippen LogP contribution in [0.4, 0.5) is 26.2 Å². The molecule has 1 N–H and O–H groups in total. The van der Waals surface area contributed by atoms with Gasteiger partial charge in [0.25, 0.3) is 5.91 Å². The van der Waals surface area contributed by atoms with E-state index in [4.69, 9.17) is 0 Å². The summed E-state index contributed by atoms with van der Waals surface area (Å²) in [4.78, 5) is 24.4. The number of aromatic nitrogens is 4. The first-order valence-electron chi connectivity index (χ1n) is 9.50. The highest BCUT2D eigenvalue weighted by molar-refractivity contribution is 5.83. The van der Waals surface area contributed by atoms with E-state index in [2.05, 4.69) is 39.1 Å². The van der Waals surface area contributed by atoms with E-state index in [0.29, 0.717) is 39.1 Å². The number of carbonyl (C=O) groups excluding carboxylic acids is 1. The standard InChI is InChI=1S/C19H25F2N7O/c1-17-9-27(10-18(17,2)12-28(11-17)15(29)19(3,20)21)14-5-6-22-16(25-14)24-13-7-23-26(4)8-13/h5-8H,9-12H2,1-4H3,(H,22,24,25)/t17-,18+. The minimum Gasteiger partial charge on any atom is -0.355 e. The molecule has 0 radical (unpaired) electrons. The lowest BCUT2D eigenvalue weighted by Crippen LogP contribution is -2.43. The fraction of sp³-hybridized carbons (Fsp3) is 0.579. The monoisotopic (exact) mass is 405 g/mol. The molecule has 2 saturated heterocycles. The molecule has 0 bridgehead atoms. The van der Waals surface area contributed by atoms with E-state index in [1.165, 1.54) is 4.90 Å². The Balaban J connectivity index is 1.51. The molecule has 0 spiro atoms. The van der Waals surface area contributed by atoms with Gasteiger partial charge in [-0.25, -0.2) is 4.98 Å². The van der Waals surface area contributed by atoms with Gasteiger partial charge in [0, 0.05) is 63.4 Å². The minimum atomic E-state index is -3.34. The summed E-state index contributed by atoms with van der Waals surface area (Å²) in [5.41, 5.74) is 0.197. The van der Waals surface area contributed by atoms with Crippen LogP contribution in [0, 0.1) is 10.8 Å². The van der Waals surface area contributed by atoms with Crippen molar-refractivity contribution < 1.29 is 13.6 Å². The average Bonchev–Trinajstić information content (AvgIpc) is 3.21. The quantitative estimate of drug-likeness (QED) is 0.841. The van der Waals surface area contributed by atoms with Crippen LogP contribution in [0.25, 0.3) is 0 Å². The Kier molecular flexibility index (Phi) is 4.29. The molecule has 2 fully saturated rings. The highest BCUT2D eigenvalue weighted by atomic mass is 19.3. The van der Waals surface area contributed by atoms with Crippen molar-refractivity contribution in [3.8, 4) is 0 Å². The molecular weight excluding hydrogens is 380 g/mol. The molecule has 2 atom stereocenters. The van der Waals surface area contributed by atoms with Crippen molar-refractivity contribution in [2.45, 2.75) is 26.7 Å². The lowest BCUT2D eigenvalue weighted by Gasteiger charge is -2.29. The van der Waals surface area contributed by atoms with Gasteiger partial charge in [0.15, 0.2) is 0 Å². The van der Waals surface area contributed by atoms with Gasteiger partial charge in [-0.05, 0) is 6.07 Å². The van der Waals surface area contributed by atoms with E-state index < -0.39 is 11.8 Å². The van der Waals surface area contributed by atoms with Crippen molar-refractivity contribution in [3.05, 3.63) is 24.7 Å². The summed E-state index contributed by atoms with van der Waals surface area (Å²) < 4.78 is 28.7. The third-order valence-electron chi connectivity index (χ3n) is 6.21. The van der Waals surface area contributed by atoms with Gasteiger partial charge in [0.2, 0.25) is 5.95 Å². The molecule has 10 heteroatoms. The number of carbonyl (C=O) groups is 1. The molecule has 1 amide bonds. The zero-order chi connectivity index (χ0) is 21.0. The first-order valence-corrected chi connectivity index (χ1v) is 9.50. The van der Waals surface area contributed by atoms with Gasteiger partial charge in [-0.1, -0.05) is 13.8 Å². The second-order valence-electron chi connectivity index (χ2n) is 8.79. The van der Waals surface area contributed by atoms with E-state index in [0.717, 1.165) is 11.5 Å². The van der Waals surface area contributed by atoms with Crippen LogP contribution in [0.3, 0.4) is 0 Å². The van der Waals surface area contributed by atoms with Gasteiger partial charge in [0.1, 0.15) is 5.82 Å². The fourth-order valence-corrected chi connectivity index (χ4v) is 4.44. The maximum absolute atomic E-state index is 13.5. The number of aryl methyl sites for hydroxylation is 1. The van der Waals surface area contributed by atoms with Gasteiger partial charge in [-0.2, -0.15) is 18.9 Å². The highest BCUT2D eigenvalue weighted by Crippen LogP contribution is 2.52. The molecule has 2 aromatic heterocycles. The largest absolute Gasteiger partial charge is 0.355 e. The number of likely N-dealkylation sites (tertiary alicyclic amines) is 1. The van der Waals surface area contributed by atoms with Crippen LogP contribution in [-0.2, 0) is 11.8 Å². The molecule has 29 heavy (non-hydrogen) atoms. The van der Waals surface area contributed by atoms with Gasteiger partial charge >= 0.3 is 5.92 Å². The van der Waals surface area contributed by atoms with Crippen LogP contribution in [0.5, 0.6) is 0 Å². The van der Waals surface area contributed by atoms with Crippen molar-refractivity contribution in [3.63, 3.8) is 0 Å². The fourth-order valence-electron chi connectivity index (χ4n) is 4.44. The number of hydrogen-bond acceptors (Lipinski definition) is 6. The smallest absolute Gasteiger partial charge is 0.322 e. The summed E-state index contributed by atoms with van der Waals surface area (Å²) in [6.07, 6.45) is 5.20. The first-order chi connectivity index (χ1) is 13.5. The molecule has 2 aliphatic heterocycles. The number of rotatable bonds is 4. The van der Waals surface area contributed by atoms with Gasteiger partial charge in [-0.15, -0.1) is 0 Å². The van der Waals surface area contributed by atoms with E-state index in [1.807, 2.05) is 19.3 Å². The third-order valence-corrected chi connectivity index (χ3v) is 6.21. The molecule has 0 saturated carbocycles. The van der Waals surface area contributed by atoms with Crippen LogP contribution in [0.2, 0.25) is 0 Å².